The van der Waals surface area contributed by atoms with Gasteiger partial charge in [0.1, 0.15) is 0 Å². The summed E-state index contributed by atoms with van der Waals surface area (Å²) >= 11 is 10.5. The van der Waals surface area contributed by atoms with E-state index < -0.39 is 38.8 Å². The van der Waals surface area contributed by atoms with E-state index in [-0.39, 0.29) is 20.4 Å². The van der Waals surface area contributed by atoms with Crippen molar-refractivity contribution < 1.29 is 30.5 Å². The molecule has 0 radical (unpaired) electrons. The molecule has 0 amide bonds. The van der Waals surface area contributed by atoms with Gasteiger partial charge < -0.3 is 10.0 Å². The molecule has 22 aromatic carbocycles. The van der Waals surface area contributed by atoms with Crippen molar-refractivity contribution in [1.29, 1.82) is 0 Å². The number of hydrogen-bond donors (Lipinski definition) is 2. The maximum atomic E-state index is 9.52. The van der Waals surface area contributed by atoms with Crippen molar-refractivity contribution in [2.24, 2.45) is 0 Å². The van der Waals surface area contributed by atoms with E-state index in [1.54, 1.807) is 0 Å². The summed E-state index contributed by atoms with van der Waals surface area (Å²) < 4.78 is 3.30. The third kappa shape index (κ3) is 30.8. The van der Waals surface area contributed by atoms with Crippen molar-refractivity contribution in [3.63, 3.8) is 0 Å². The van der Waals surface area contributed by atoms with Crippen molar-refractivity contribution in [3.8, 4) is 77.9 Å². The molecule has 2 nitrogen and oxygen atoms in total. The molecule has 0 aromatic heterocycles. The summed E-state index contributed by atoms with van der Waals surface area (Å²) in [5.74, 6) is 0. The van der Waals surface area contributed by atoms with Crippen LogP contribution in [0.25, 0.3) is 77.9 Å². The Morgan fingerprint density at radius 2 is 0.245 bits per heavy atom. The minimum atomic E-state index is -1.48. The zero-order valence-corrected chi connectivity index (χ0v) is 88.5. The molecule has 0 bridgehead atoms. The van der Waals surface area contributed by atoms with Gasteiger partial charge in [0.05, 0.1) is 0 Å². The van der Waals surface area contributed by atoms with Crippen molar-refractivity contribution in [2.75, 3.05) is 0 Å². The van der Waals surface area contributed by atoms with Gasteiger partial charge in [0.25, 0.3) is 0 Å². The van der Waals surface area contributed by atoms with Crippen LogP contribution < -0.4 is 69.1 Å². The van der Waals surface area contributed by atoms with Crippen LogP contribution in [-0.4, -0.2) is 17.2 Å². The number of rotatable bonds is 20. The average molecular weight is 2200 g/mol. The molecule has 0 aliphatic carbocycles. The molecule has 0 saturated heterocycles. The standard InChI is InChI=1S/C30H21Br.C18H15BO2.4C18H15P.C12H8Br2.Pd/c31-30-16-8-15-26(21-30)24-13-7-14-25(17-24)29-19-27(22-9-3-1-4-10-22)18-28(20-29)23-11-5-2-6-12-23;20-19(21)18-12-16(14-7-3-1-4-8-14)11-17(13-18)15-9-5-2-6-10-15;4*1-4-10-16(11-5-1)19(17-12-6-2-7-13-17)18-14-8-3-9-15-18;13-11-5-1-3-9(7-11)10-4-2-6-12(14)8-10;/h1-21H;1-13,20-21H;4*1-15H;1-8H;. The van der Waals surface area contributed by atoms with Crippen LogP contribution in [0, 0.1) is 0 Å². The molecule has 2 N–H and O–H groups in total. The van der Waals surface area contributed by atoms with E-state index in [1.165, 1.54) is 119 Å². The minimum absolute atomic E-state index is 0. The minimum Gasteiger partial charge on any atom is -0.423 e. The van der Waals surface area contributed by atoms with Gasteiger partial charge in [-0.25, -0.2) is 0 Å². The van der Waals surface area contributed by atoms with E-state index >= 15 is 0 Å². The quantitative estimate of drug-likeness (QED) is 0.0590. The summed E-state index contributed by atoms with van der Waals surface area (Å²) in [5, 5.41) is 35.8. The largest absolute Gasteiger partial charge is 0.488 e. The van der Waals surface area contributed by atoms with Crippen LogP contribution in [0.5, 0.6) is 0 Å². The van der Waals surface area contributed by atoms with Gasteiger partial charge >= 0.3 is 7.12 Å². The van der Waals surface area contributed by atoms with E-state index in [0.717, 1.165) is 35.7 Å². The second kappa shape index (κ2) is 55.9. The Hall–Kier alpha value is -13.4. The summed E-state index contributed by atoms with van der Waals surface area (Å²) in [6, 6.07) is 217. The van der Waals surface area contributed by atoms with Crippen LogP contribution in [0.15, 0.2) is 632 Å². The summed E-state index contributed by atoms with van der Waals surface area (Å²) in [5.41, 5.74) is 16.8. The van der Waals surface area contributed by atoms with Crippen LogP contribution in [0.1, 0.15) is 0 Å². The summed E-state index contributed by atoms with van der Waals surface area (Å²) in [7, 11) is -3.26. The fraction of sp³-hybridized carbons (Fsp3) is 0. The number of hydrogen-bond acceptors (Lipinski definition) is 2. The van der Waals surface area contributed by atoms with Crippen LogP contribution >= 0.6 is 79.5 Å². The van der Waals surface area contributed by atoms with Crippen molar-refractivity contribution in [2.45, 2.75) is 0 Å². The van der Waals surface area contributed by atoms with Crippen LogP contribution in [-0.2, 0) is 20.4 Å². The smallest absolute Gasteiger partial charge is 0.423 e. The first-order valence-corrected chi connectivity index (χ1v) is 54.9. The van der Waals surface area contributed by atoms with Gasteiger partial charge in [-0.05, 0) is 245 Å². The molecule has 11 heteroatoms. The molecule has 0 aliphatic rings. The van der Waals surface area contributed by atoms with Crippen LogP contribution in [0.4, 0.5) is 0 Å². The van der Waals surface area contributed by atoms with Crippen molar-refractivity contribution in [1.82, 2.24) is 0 Å². The molecule has 698 valence electrons. The van der Waals surface area contributed by atoms with Gasteiger partial charge in [0.15, 0.2) is 0 Å². The predicted octanol–water partition coefficient (Wildman–Crippen LogP) is 30.5. The zero-order chi connectivity index (χ0) is 97.3. The summed E-state index contributed by atoms with van der Waals surface area (Å²) in [6.07, 6.45) is 0. The third-order valence-corrected chi connectivity index (χ3v) is 34.4. The summed E-state index contributed by atoms with van der Waals surface area (Å²) in [6.45, 7) is 0. The second-order valence-corrected chi connectivity index (χ2v) is 44.6. The Bertz CT molecular complexity index is 6470. The Balaban J connectivity index is 0.000000127. The molecule has 0 fully saturated rings. The van der Waals surface area contributed by atoms with Gasteiger partial charge in [-0.15, -0.1) is 0 Å². The molecule has 22 aromatic rings. The molecule has 0 unspecified atom stereocenters. The first-order valence-electron chi connectivity index (χ1n) is 47.1. The predicted molar refractivity (Wildman–Crippen MR) is 631 cm³/mol. The van der Waals surface area contributed by atoms with E-state index in [9.17, 15) is 10.0 Å². The molecular formula is C132H104BBr3O2P4Pd. The molecule has 143 heavy (non-hydrogen) atoms. The Kier molecular flexibility index (Phi) is 40.6. The molecular weight excluding hydrogens is 2100 g/mol. The van der Waals surface area contributed by atoms with E-state index in [4.69, 9.17) is 0 Å². The summed E-state index contributed by atoms with van der Waals surface area (Å²) in [4.78, 5) is 0. The molecule has 0 atom stereocenters. The molecule has 0 aliphatic heterocycles. The van der Waals surface area contributed by atoms with Crippen LogP contribution in [0.2, 0.25) is 0 Å². The molecule has 22 rings (SSSR count). The SMILES string of the molecule is Brc1cccc(-c2cccc(-c3cc(-c4ccccc4)cc(-c4ccccc4)c3)c2)c1.Brc1cccc(-c2cccc(Br)c2)c1.OB(O)c1cc(-c2ccccc2)cc(-c2ccccc2)c1.[Pd].c1ccc(P(c2ccccc2)c2ccccc2)cc1.c1ccc(P(c2ccccc2)c2ccccc2)cc1.c1ccc(P(c2ccccc2)c2ccccc2)cc1.c1ccc(P(c2ccccc2)c2ccccc2)cc1. The molecule has 0 spiro atoms. The first kappa shape index (κ1) is 104. The van der Waals surface area contributed by atoms with E-state index in [0.29, 0.717) is 5.46 Å². The average Bonchev–Trinajstić information content (AvgIpc) is 0.794. The van der Waals surface area contributed by atoms with Gasteiger partial charge in [-0.1, -0.05) is 600 Å². The van der Waals surface area contributed by atoms with Gasteiger partial charge in [0.2, 0.25) is 0 Å². The van der Waals surface area contributed by atoms with Crippen molar-refractivity contribution in [3.05, 3.63) is 632 Å². The van der Waals surface area contributed by atoms with Crippen molar-refractivity contribution >= 4 is 156 Å². The second-order valence-electron chi connectivity index (χ2n) is 33.0. The Morgan fingerprint density at radius 3 is 0.406 bits per heavy atom. The van der Waals surface area contributed by atoms with E-state index in [1.807, 2.05) is 97.1 Å². The normalized spacial score (nSPS) is 10.5. The topological polar surface area (TPSA) is 40.5 Å². The number of benzene rings is 22. The maximum Gasteiger partial charge on any atom is 0.488 e. The van der Waals surface area contributed by atoms with E-state index in [2.05, 4.69) is 569 Å². The number of halogens is 3. The monoisotopic (exact) mass is 2200 g/mol. The zero-order valence-electron chi connectivity index (χ0n) is 78.6. The first-order chi connectivity index (χ1) is 70.0. The Morgan fingerprint density at radius 1 is 0.126 bits per heavy atom. The van der Waals surface area contributed by atoms with Gasteiger partial charge in [0, 0.05) is 33.8 Å². The van der Waals surface area contributed by atoms with Crippen LogP contribution in [0.3, 0.4) is 0 Å². The maximum absolute atomic E-state index is 9.52. The fourth-order valence-electron chi connectivity index (χ4n) is 16.4. The molecule has 0 saturated carbocycles. The molecule has 0 heterocycles. The third-order valence-electron chi connectivity index (χ3n) is 23.1. The fourth-order valence-corrected chi connectivity index (χ4v) is 26.8. The van der Waals surface area contributed by atoms with Gasteiger partial charge in [-0.3, -0.25) is 0 Å². The van der Waals surface area contributed by atoms with Gasteiger partial charge in [-0.2, -0.15) is 0 Å². The Labute approximate surface area is 888 Å².